The molecule has 2 aliphatic heterocycles. The molecule has 0 radical (unpaired) electrons. The highest BCUT2D eigenvalue weighted by molar-refractivity contribution is 4.94. The quantitative estimate of drug-likeness (QED) is 0.838. The second-order valence-electron chi connectivity index (χ2n) is 7.16. The van der Waals surface area contributed by atoms with Crippen LogP contribution in [0.1, 0.15) is 64.7 Å². The maximum atomic E-state index is 6.52. The van der Waals surface area contributed by atoms with Crippen LogP contribution in [0.3, 0.4) is 0 Å². The van der Waals surface area contributed by atoms with Gasteiger partial charge in [-0.05, 0) is 58.0 Å². The molecule has 3 heteroatoms. The van der Waals surface area contributed by atoms with Gasteiger partial charge < -0.3 is 10.1 Å². The number of hydrogen-bond donors (Lipinski definition) is 1. The van der Waals surface area contributed by atoms with Crippen molar-refractivity contribution < 1.29 is 4.74 Å². The summed E-state index contributed by atoms with van der Waals surface area (Å²) in [4.78, 5) is 2.71. The van der Waals surface area contributed by atoms with Gasteiger partial charge in [-0.3, -0.25) is 4.90 Å². The summed E-state index contributed by atoms with van der Waals surface area (Å²) in [5, 5.41) is 3.56. The largest absolute Gasteiger partial charge is 0.370 e. The fourth-order valence-corrected chi connectivity index (χ4v) is 4.53. The Bertz CT molecular complexity index is 295. The summed E-state index contributed by atoms with van der Waals surface area (Å²) < 4.78 is 6.52. The summed E-state index contributed by atoms with van der Waals surface area (Å²) in [6.07, 6.45) is 12.5. The predicted octanol–water partition coefficient (Wildman–Crippen LogP) is 2.94. The van der Waals surface area contributed by atoms with Crippen LogP contribution in [0.25, 0.3) is 0 Å². The van der Waals surface area contributed by atoms with Crippen LogP contribution in [0.15, 0.2) is 0 Å². The fourth-order valence-electron chi connectivity index (χ4n) is 4.53. The molecule has 0 aromatic rings. The van der Waals surface area contributed by atoms with Gasteiger partial charge in [-0.15, -0.1) is 0 Å². The summed E-state index contributed by atoms with van der Waals surface area (Å²) >= 11 is 0. The van der Waals surface area contributed by atoms with Crippen LogP contribution in [-0.4, -0.2) is 48.8 Å². The fraction of sp³-hybridized carbons (Fsp3) is 1.00. The van der Waals surface area contributed by atoms with E-state index in [-0.39, 0.29) is 0 Å². The first-order chi connectivity index (χ1) is 9.81. The van der Waals surface area contributed by atoms with E-state index >= 15 is 0 Å². The SMILES string of the molecule is CCCN(CC1CCC2(CCCC2)O1)C1CCCNC1. The lowest BCUT2D eigenvalue weighted by Crippen LogP contribution is -2.49. The molecule has 0 bridgehead atoms. The Labute approximate surface area is 124 Å². The minimum absolute atomic E-state index is 0.299. The van der Waals surface area contributed by atoms with Gasteiger partial charge in [-0.25, -0.2) is 0 Å². The topological polar surface area (TPSA) is 24.5 Å². The van der Waals surface area contributed by atoms with E-state index in [1.807, 2.05) is 0 Å². The molecule has 116 valence electrons. The molecule has 2 atom stereocenters. The van der Waals surface area contributed by atoms with E-state index in [9.17, 15) is 0 Å². The summed E-state index contributed by atoms with van der Waals surface area (Å²) in [6, 6.07) is 0.743. The highest BCUT2D eigenvalue weighted by atomic mass is 16.5. The van der Waals surface area contributed by atoms with E-state index in [4.69, 9.17) is 4.74 Å². The number of nitrogens with zero attached hydrogens (tertiary/aromatic N) is 1. The molecule has 2 heterocycles. The molecule has 3 aliphatic rings. The molecule has 1 N–H and O–H groups in total. The number of piperidine rings is 1. The van der Waals surface area contributed by atoms with Gasteiger partial charge in [-0.1, -0.05) is 19.8 Å². The first kappa shape index (κ1) is 14.8. The molecule has 0 aromatic heterocycles. The third-order valence-electron chi connectivity index (χ3n) is 5.59. The van der Waals surface area contributed by atoms with E-state index in [1.54, 1.807) is 0 Å². The van der Waals surface area contributed by atoms with Crippen molar-refractivity contribution in [3.05, 3.63) is 0 Å². The van der Waals surface area contributed by atoms with E-state index in [0.717, 1.165) is 6.04 Å². The molecule has 1 saturated carbocycles. The Balaban J connectivity index is 1.53. The molecule has 2 unspecified atom stereocenters. The molecule has 0 amide bonds. The lowest BCUT2D eigenvalue weighted by Gasteiger charge is -2.36. The molecule has 0 aromatic carbocycles. The summed E-state index contributed by atoms with van der Waals surface area (Å²) in [5.41, 5.74) is 0.299. The maximum absolute atomic E-state index is 6.52. The molecule has 1 aliphatic carbocycles. The zero-order valence-electron chi connectivity index (χ0n) is 13.2. The van der Waals surface area contributed by atoms with Crippen LogP contribution in [0.2, 0.25) is 0 Å². The monoisotopic (exact) mass is 280 g/mol. The van der Waals surface area contributed by atoms with E-state index in [1.165, 1.54) is 84.0 Å². The summed E-state index contributed by atoms with van der Waals surface area (Å²) in [5.74, 6) is 0. The van der Waals surface area contributed by atoms with Crippen molar-refractivity contribution in [2.45, 2.75) is 82.5 Å². The number of ether oxygens (including phenoxy) is 1. The summed E-state index contributed by atoms with van der Waals surface area (Å²) in [6.45, 7) is 7.09. The third-order valence-corrected chi connectivity index (χ3v) is 5.59. The Hall–Kier alpha value is -0.120. The third kappa shape index (κ3) is 3.37. The zero-order chi connectivity index (χ0) is 13.8. The van der Waals surface area contributed by atoms with E-state index in [2.05, 4.69) is 17.1 Å². The molecule has 3 rings (SSSR count). The Kier molecular flexibility index (Phi) is 5.00. The van der Waals surface area contributed by atoms with E-state index in [0.29, 0.717) is 11.7 Å². The molecule has 3 fully saturated rings. The highest BCUT2D eigenvalue weighted by Gasteiger charge is 2.42. The van der Waals surface area contributed by atoms with Gasteiger partial charge in [0.25, 0.3) is 0 Å². The van der Waals surface area contributed by atoms with Gasteiger partial charge in [0.2, 0.25) is 0 Å². The van der Waals surface area contributed by atoms with Crippen molar-refractivity contribution in [2.75, 3.05) is 26.2 Å². The normalized spacial score (nSPS) is 33.3. The van der Waals surface area contributed by atoms with Gasteiger partial charge in [0.05, 0.1) is 11.7 Å². The maximum Gasteiger partial charge on any atom is 0.0710 e. The van der Waals surface area contributed by atoms with Gasteiger partial charge in [-0.2, -0.15) is 0 Å². The smallest absolute Gasteiger partial charge is 0.0710 e. The van der Waals surface area contributed by atoms with Crippen molar-refractivity contribution >= 4 is 0 Å². The molecule has 2 saturated heterocycles. The van der Waals surface area contributed by atoms with Crippen molar-refractivity contribution in [1.82, 2.24) is 10.2 Å². The Morgan fingerprint density at radius 1 is 1.15 bits per heavy atom. The number of rotatable bonds is 5. The average molecular weight is 280 g/mol. The molecular formula is C17H32N2O. The van der Waals surface area contributed by atoms with Crippen LogP contribution in [0, 0.1) is 0 Å². The van der Waals surface area contributed by atoms with Crippen LogP contribution in [0.5, 0.6) is 0 Å². The molecule has 20 heavy (non-hydrogen) atoms. The van der Waals surface area contributed by atoms with Crippen molar-refractivity contribution in [2.24, 2.45) is 0 Å². The predicted molar refractivity (Wildman–Crippen MR) is 83.1 cm³/mol. The Morgan fingerprint density at radius 3 is 2.70 bits per heavy atom. The molecule has 3 nitrogen and oxygen atoms in total. The van der Waals surface area contributed by atoms with Crippen LogP contribution >= 0.6 is 0 Å². The van der Waals surface area contributed by atoms with Gasteiger partial charge in [0, 0.05) is 19.1 Å². The minimum Gasteiger partial charge on any atom is -0.370 e. The highest BCUT2D eigenvalue weighted by Crippen LogP contribution is 2.43. The molecular weight excluding hydrogens is 248 g/mol. The van der Waals surface area contributed by atoms with Gasteiger partial charge in [0.15, 0.2) is 0 Å². The first-order valence-corrected chi connectivity index (χ1v) is 8.94. The van der Waals surface area contributed by atoms with Gasteiger partial charge >= 0.3 is 0 Å². The average Bonchev–Trinajstić information content (AvgIpc) is 3.10. The second kappa shape index (κ2) is 6.76. The zero-order valence-corrected chi connectivity index (χ0v) is 13.2. The van der Waals surface area contributed by atoms with Crippen molar-refractivity contribution in [3.8, 4) is 0 Å². The number of nitrogens with one attached hydrogen (secondary N) is 1. The lowest BCUT2D eigenvalue weighted by atomic mass is 9.98. The second-order valence-corrected chi connectivity index (χ2v) is 7.16. The van der Waals surface area contributed by atoms with Crippen LogP contribution in [-0.2, 0) is 4.74 Å². The Morgan fingerprint density at radius 2 is 2.00 bits per heavy atom. The molecule has 1 spiro atoms. The minimum atomic E-state index is 0.299. The number of hydrogen-bond acceptors (Lipinski definition) is 3. The van der Waals surface area contributed by atoms with E-state index < -0.39 is 0 Å². The van der Waals surface area contributed by atoms with Gasteiger partial charge in [0.1, 0.15) is 0 Å². The van der Waals surface area contributed by atoms with Crippen molar-refractivity contribution in [1.29, 1.82) is 0 Å². The lowest BCUT2D eigenvalue weighted by molar-refractivity contribution is -0.0522. The van der Waals surface area contributed by atoms with Crippen LogP contribution in [0.4, 0.5) is 0 Å². The van der Waals surface area contributed by atoms with Crippen molar-refractivity contribution in [3.63, 3.8) is 0 Å². The summed E-state index contributed by atoms with van der Waals surface area (Å²) in [7, 11) is 0. The standard InChI is InChI=1S/C17H32N2O/c1-2-12-19(15-6-5-11-18-13-15)14-16-7-10-17(20-16)8-3-4-9-17/h15-16,18H,2-14H2,1H3. The van der Waals surface area contributed by atoms with Crippen LogP contribution < -0.4 is 5.32 Å². The first-order valence-electron chi connectivity index (χ1n) is 8.94.